The summed E-state index contributed by atoms with van der Waals surface area (Å²) < 4.78 is 31.3. The van der Waals surface area contributed by atoms with Gasteiger partial charge in [-0.05, 0) is 116 Å². The molecule has 290 valence electrons. The minimum Gasteiger partial charge on any atom is -0.508 e. The molecule has 2 aromatic rings. The molecule has 1 heterocycles. The lowest BCUT2D eigenvalue weighted by Crippen LogP contribution is -2.27. The van der Waals surface area contributed by atoms with Crippen molar-refractivity contribution in [2.45, 2.75) is 91.8 Å². The molecular formula is C40H60N2O10. The number of phenols is 1. The van der Waals surface area contributed by atoms with Gasteiger partial charge in [0.1, 0.15) is 29.3 Å². The number of rotatable bonds is 15. The third-order valence-corrected chi connectivity index (χ3v) is 5.58. The van der Waals surface area contributed by atoms with Crippen LogP contribution >= 0.6 is 0 Å². The molecular weight excluding hydrogens is 668 g/mol. The number of carbonyl (C=O) groups is 2. The van der Waals surface area contributed by atoms with E-state index in [0.717, 1.165) is 45.3 Å². The minimum absolute atomic E-state index is 0.157. The first-order valence-electron chi connectivity index (χ1n) is 17.4. The Balaban J connectivity index is 0.000000857. The van der Waals surface area contributed by atoms with E-state index in [-0.39, 0.29) is 12.4 Å². The van der Waals surface area contributed by atoms with Crippen LogP contribution < -0.4 is 15.4 Å². The average molecular weight is 729 g/mol. The average Bonchev–Trinajstić information content (AvgIpc) is 3.95. The zero-order valence-electron chi connectivity index (χ0n) is 32.0. The summed E-state index contributed by atoms with van der Waals surface area (Å²) in [4.78, 5) is 23.0. The van der Waals surface area contributed by atoms with Gasteiger partial charge in [0, 0.05) is 37.4 Å². The van der Waals surface area contributed by atoms with E-state index in [9.17, 15) is 9.59 Å². The monoisotopic (exact) mass is 728 g/mol. The molecule has 0 spiro atoms. The summed E-state index contributed by atoms with van der Waals surface area (Å²) >= 11 is 0. The maximum Gasteiger partial charge on any atom is 0.412 e. The quantitative estimate of drug-likeness (QED) is 0.0618. The Labute approximate surface area is 310 Å². The number of phenolic OH excluding ortho intramolecular Hbond substituents is 1. The Morgan fingerprint density at radius 2 is 1.23 bits per heavy atom. The summed E-state index contributed by atoms with van der Waals surface area (Å²) in [5.74, 6) is 9.22. The summed E-state index contributed by atoms with van der Waals surface area (Å²) in [5, 5.41) is 22.5. The summed E-state index contributed by atoms with van der Waals surface area (Å²) in [5.41, 5.74) is 0.195. The predicted molar refractivity (Wildman–Crippen MR) is 205 cm³/mol. The van der Waals surface area contributed by atoms with E-state index in [1.807, 2.05) is 27.7 Å². The zero-order chi connectivity index (χ0) is 39.1. The molecule has 0 radical (unpaired) electrons. The van der Waals surface area contributed by atoms with Gasteiger partial charge in [-0.3, -0.25) is 10.6 Å². The van der Waals surface area contributed by atoms with Gasteiger partial charge in [0.15, 0.2) is 0 Å². The molecule has 1 saturated heterocycles. The number of anilines is 2. The number of amides is 2. The number of aliphatic hydroxyl groups excluding tert-OH is 1. The molecule has 1 fully saturated rings. The van der Waals surface area contributed by atoms with E-state index in [0.29, 0.717) is 50.2 Å². The zero-order valence-corrected chi connectivity index (χ0v) is 32.0. The molecule has 2 amide bonds. The largest absolute Gasteiger partial charge is 0.508 e. The van der Waals surface area contributed by atoms with Crippen molar-refractivity contribution >= 4 is 23.6 Å². The number of hydrogen-bond donors (Lipinski definition) is 4. The van der Waals surface area contributed by atoms with Crippen molar-refractivity contribution < 1.29 is 48.2 Å². The highest BCUT2D eigenvalue weighted by Gasteiger charge is 2.17. The van der Waals surface area contributed by atoms with E-state index in [4.69, 9.17) is 40.3 Å². The van der Waals surface area contributed by atoms with Crippen LogP contribution in [-0.2, 0) is 23.7 Å². The van der Waals surface area contributed by atoms with Gasteiger partial charge >= 0.3 is 12.2 Å². The van der Waals surface area contributed by atoms with Crippen molar-refractivity contribution in [3.8, 4) is 35.7 Å². The molecule has 2 aromatic carbocycles. The number of terminal acetylenes is 1. The van der Waals surface area contributed by atoms with Gasteiger partial charge in [0.25, 0.3) is 0 Å². The first kappa shape index (κ1) is 47.5. The molecule has 0 unspecified atom stereocenters. The Bertz CT molecular complexity index is 1310. The molecule has 0 atom stereocenters. The number of ether oxygens (including phenoxy) is 6. The van der Waals surface area contributed by atoms with Crippen molar-refractivity contribution in [2.24, 2.45) is 0 Å². The SMILES string of the molecule is C#CCCCCO.C1CO1.CC#CCCCOCCOCCOc1ccc(NC(=O)OC(C)(C)C)cc1.CC(C)(C)OC(=O)Nc1ccc(O)cc1. The molecule has 1 aliphatic heterocycles. The van der Waals surface area contributed by atoms with Crippen molar-refractivity contribution in [3.63, 3.8) is 0 Å². The Kier molecular flexibility index (Phi) is 26.7. The molecule has 3 rings (SSSR count). The van der Waals surface area contributed by atoms with Crippen molar-refractivity contribution in [1.29, 1.82) is 0 Å². The normalized spacial score (nSPS) is 11.1. The topological polar surface area (TPSA) is 157 Å². The first-order valence-corrected chi connectivity index (χ1v) is 17.4. The lowest BCUT2D eigenvalue weighted by atomic mass is 10.2. The molecule has 12 heteroatoms. The van der Waals surface area contributed by atoms with Crippen molar-refractivity contribution in [2.75, 3.05) is 63.5 Å². The molecule has 52 heavy (non-hydrogen) atoms. The van der Waals surface area contributed by atoms with Gasteiger partial charge in [-0.2, -0.15) is 0 Å². The lowest BCUT2D eigenvalue weighted by molar-refractivity contribution is 0.0360. The van der Waals surface area contributed by atoms with E-state index >= 15 is 0 Å². The summed E-state index contributed by atoms with van der Waals surface area (Å²) in [6.07, 6.45) is 8.35. The Hall–Kier alpha value is -4.46. The number of carbonyl (C=O) groups excluding carboxylic acids is 2. The highest BCUT2D eigenvalue weighted by Crippen LogP contribution is 2.17. The standard InChI is InChI=1S/C21H31NO5.C11H15NO3.C6H10O.C2H4O/c1-5-6-7-8-13-24-14-15-25-16-17-26-19-11-9-18(10-12-19)22-20(23)27-21(2,3)4;1-11(2,3)15-10(14)12-8-4-6-9(13)7-5-8;1-2-3-4-5-6-7;1-2-3-1/h9-12H,7-8,13-17H2,1-4H3,(H,22,23);4-7,13H,1-3H3,(H,12,14);1,7H,3-6H2;1-2H2. The molecule has 0 saturated carbocycles. The molecule has 0 aliphatic carbocycles. The number of epoxide rings is 1. The van der Waals surface area contributed by atoms with Crippen LogP contribution in [0, 0.1) is 24.2 Å². The summed E-state index contributed by atoms with van der Waals surface area (Å²) in [7, 11) is 0. The predicted octanol–water partition coefficient (Wildman–Crippen LogP) is 7.79. The van der Waals surface area contributed by atoms with E-state index in [1.54, 1.807) is 57.2 Å². The Morgan fingerprint density at radius 1 is 0.750 bits per heavy atom. The van der Waals surface area contributed by atoms with Crippen LogP contribution in [-0.4, -0.2) is 86.5 Å². The van der Waals surface area contributed by atoms with Gasteiger partial charge < -0.3 is 38.6 Å². The lowest BCUT2D eigenvalue weighted by Gasteiger charge is -2.19. The molecule has 12 nitrogen and oxygen atoms in total. The van der Waals surface area contributed by atoms with Crippen LogP contribution in [0.1, 0.15) is 80.6 Å². The van der Waals surface area contributed by atoms with Gasteiger partial charge in [0.2, 0.25) is 0 Å². The smallest absolute Gasteiger partial charge is 0.412 e. The number of aromatic hydroxyl groups is 1. The van der Waals surface area contributed by atoms with E-state index in [1.165, 1.54) is 12.1 Å². The van der Waals surface area contributed by atoms with Gasteiger partial charge in [-0.1, -0.05) is 0 Å². The number of unbranched alkanes of at least 4 members (excludes halogenated alkanes) is 3. The number of aliphatic hydroxyl groups is 1. The van der Waals surface area contributed by atoms with Gasteiger partial charge in [0.05, 0.1) is 33.0 Å². The second-order valence-corrected chi connectivity index (χ2v) is 12.9. The highest BCUT2D eigenvalue weighted by molar-refractivity contribution is 5.85. The maximum atomic E-state index is 11.7. The fourth-order valence-electron chi connectivity index (χ4n) is 3.29. The number of benzene rings is 2. The van der Waals surface area contributed by atoms with Crippen molar-refractivity contribution in [1.82, 2.24) is 0 Å². The second-order valence-electron chi connectivity index (χ2n) is 12.9. The van der Waals surface area contributed by atoms with Crippen LogP contribution in [0.3, 0.4) is 0 Å². The van der Waals surface area contributed by atoms with Crippen LogP contribution in [0.4, 0.5) is 21.0 Å². The maximum absolute atomic E-state index is 11.7. The van der Waals surface area contributed by atoms with Crippen molar-refractivity contribution in [3.05, 3.63) is 48.5 Å². The molecule has 0 aromatic heterocycles. The third kappa shape index (κ3) is 34.0. The summed E-state index contributed by atoms with van der Waals surface area (Å²) in [6, 6.07) is 13.3. The van der Waals surface area contributed by atoms with Crippen LogP contribution in [0.25, 0.3) is 0 Å². The third-order valence-electron chi connectivity index (χ3n) is 5.58. The van der Waals surface area contributed by atoms with Gasteiger partial charge in [-0.25, -0.2) is 9.59 Å². The van der Waals surface area contributed by atoms with Crippen LogP contribution in [0.5, 0.6) is 11.5 Å². The minimum atomic E-state index is -0.526. The van der Waals surface area contributed by atoms with E-state index in [2.05, 4.69) is 33.1 Å². The molecule has 4 N–H and O–H groups in total. The Morgan fingerprint density at radius 3 is 1.67 bits per heavy atom. The van der Waals surface area contributed by atoms with Crippen LogP contribution in [0.15, 0.2) is 48.5 Å². The second kappa shape index (κ2) is 29.2. The molecule has 0 bridgehead atoms. The number of nitrogens with one attached hydrogen (secondary N) is 2. The van der Waals surface area contributed by atoms with Gasteiger partial charge in [-0.15, -0.1) is 24.2 Å². The first-order chi connectivity index (χ1) is 24.7. The highest BCUT2D eigenvalue weighted by atomic mass is 16.6. The number of hydrogen-bond acceptors (Lipinski definition) is 10. The van der Waals surface area contributed by atoms with E-state index < -0.39 is 23.4 Å². The van der Waals surface area contributed by atoms with Crippen LogP contribution in [0.2, 0.25) is 0 Å². The summed E-state index contributed by atoms with van der Waals surface area (Å²) in [6.45, 7) is 17.7. The fourth-order valence-corrected chi connectivity index (χ4v) is 3.29. The fraction of sp³-hybridized carbons (Fsp3) is 0.550. The molecule has 1 aliphatic rings.